The maximum atomic E-state index is 13.7. The highest BCUT2D eigenvalue weighted by Gasteiger charge is 2.28. The number of nitrogens with zero attached hydrogens (tertiary/aromatic N) is 2. The molecule has 0 radical (unpaired) electrons. The van der Waals surface area contributed by atoms with Crippen LogP contribution in [0.15, 0.2) is 30.5 Å². The van der Waals surface area contributed by atoms with Gasteiger partial charge in [0.1, 0.15) is 0 Å². The van der Waals surface area contributed by atoms with Gasteiger partial charge in [-0.3, -0.25) is 9.78 Å². The van der Waals surface area contributed by atoms with Crippen LogP contribution in [0.3, 0.4) is 0 Å². The van der Waals surface area contributed by atoms with Gasteiger partial charge in [0.25, 0.3) is 0 Å². The lowest BCUT2D eigenvalue weighted by Crippen LogP contribution is -2.31. The second-order valence-electron chi connectivity index (χ2n) is 9.16. The molecular weight excluding hydrogens is 414 g/mol. The lowest BCUT2D eigenvalue weighted by Gasteiger charge is -2.27. The zero-order chi connectivity index (χ0) is 23.3. The molecule has 2 aromatic rings. The Kier molecular flexibility index (Phi) is 11.9. The van der Waals surface area contributed by atoms with E-state index in [-0.39, 0.29) is 11.8 Å². The smallest absolute Gasteiger partial charge is 0.227 e. The Morgan fingerprint density at radius 2 is 1.72 bits per heavy atom. The molecular formula is C27H43N3OS. The van der Waals surface area contributed by atoms with Crippen LogP contribution in [-0.2, 0) is 4.79 Å². The van der Waals surface area contributed by atoms with E-state index in [1.807, 2.05) is 38.4 Å². The van der Waals surface area contributed by atoms with Gasteiger partial charge in [0.05, 0.1) is 16.9 Å². The number of aromatic nitrogens is 1. The van der Waals surface area contributed by atoms with Crippen molar-refractivity contribution in [3.8, 4) is 0 Å². The highest BCUT2D eigenvalue weighted by molar-refractivity contribution is 7.80. The second kappa shape index (κ2) is 14.4. The fraction of sp³-hybridized carbons (Fsp3) is 0.630. The van der Waals surface area contributed by atoms with Gasteiger partial charge in [0.15, 0.2) is 0 Å². The third-order valence-electron chi connectivity index (χ3n) is 6.43. The summed E-state index contributed by atoms with van der Waals surface area (Å²) < 4.78 is 0. The Bertz CT molecular complexity index is 824. The molecule has 0 fully saturated rings. The van der Waals surface area contributed by atoms with Gasteiger partial charge in [-0.1, -0.05) is 65.2 Å². The van der Waals surface area contributed by atoms with E-state index < -0.39 is 0 Å². The van der Waals surface area contributed by atoms with Crippen LogP contribution in [0.5, 0.6) is 0 Å². The van der Waals surface area contributed by atoms with Gasteiger partial charge in [-0.2, -0.15) is 12.6 Å². The maximum Gasteiger partial charge on any atom is 0.227 e. The normalized spacial score (nSPS) is 13.2. The Hall–Kier alpha value is -1.75. The Labute approximate surface area is 201 Å². The number of rotatable bonds is 15. The minimum absolute atomic E-state index is 0.00725. The van der Waals surface area contributed by atoms with Crippen LogP contribution >= 0.6 is 12.6 Å². The third-order valence-corrected chi connectivity index (χ3v) is 6.90. The number of pyridine rings is 1. The molecule has 0 spiro atoms. The van der Waals surface area contributed by atoms with Crippen molar-refractivity contribution >= 4 is 40.8 Å². The minimum atomic E-state index is -0.00725. The van der Waals surface area contributed by atoms with Gasteiger partial charge in [0.2, 0.25) is 5.91 Å². The molecule has 0 bridgehead atoms. The molecule has 1 N–H and O–H groups in total. The number of anilines is 2. The summed E-state index contributed by atoms with van der Waals surface area (Å²) in [6.07, 6.45) is 13.5. The van der Waals surface area contributed by atoms with Crippen molar-refractivity contribution < 1.29 is 4.79 Å². The lowest BCUT2D eigenvalue weighted by atomic mass is 9.84. The number of thiol groups is 1. The van der Waals surface area contributed by atoms with Crippen LogP contribution in [0.4, 0.5) is 11.4 Å². The molecule has 2 rings (SSSR count). The van der Waals surface area contributed by atoms with Crippen LogP contribution in [0.25, 0.3) is 10.9 Å². The average molecular weight is 458 g/mol. The van der Waals surface area contributed by atoms with Crippen LogP contribution in [-0.4, -0.2) is 30.7 Å². The van der Waals surface area contributed by atoms with Crippen LogP contribution in [0, 0.1) is 11.8 Å². The molecule has 1 heterocycles. The average Bonchev–Trinajstić information content (AvgIpc) is 2.80. The third kappa shape index (κ3) is 7.68. The Morgan fingerprint density at radius 3 is 2.41 bits per heavy atom. The zero-order valence-corrected chi connectivity index (χ0v) is 21.5. The molecule has 178 valence electrons. The molecule has 1 amide bonds. The molecule has 1 aromatic heterocycles. The summed E-state index contributed by atoms with van der Waals surface area (Å²) in [5.74, 6) is 1.19. The standard InChI is InChI=1S/C27H43N3OS/c1-5-7-9-10-11-12-15-22(21(20-32)14-8-6-2)27(31)29-26-23-16-13-19-28-24(23)17-18-25(26)30(3)4/h13,16-19,21-22,32H,5-12,14-15,20H2,1-4H3,(H,29,31). The fourth-order valence-electron chi connectivity index (χ4n) is 4.47. The van der Waals surface area contributed by atoms with Crippen LogP contribution < -0.4 is 10.2 Å². The Balaban J connectivity index is 2.23. The van der Waals surface area contributed by atoms with Crippen molar-refractivity contribution in [2.75, 3.05) is 30.1 Å². The first-order chi connectivity index (χ1) is 15.5. The lowest BCUT2D eigenvalue weighted by molar-refractivity contribution is -0.121. The van der Waals surface area contributed by atoms with Gasteiger partial charge in [-0.25, -0.2) is 0 Å². The summed E-state index contributed by atoms with van der Waals surface area (Å²) >= 11 is 4.65. The first-order valence-electron chi connectivity index (χ1n) is 12.5. The molecule has 0 saturated heterocycles. The van der Waals surface area contributed by atoms with E-state index in [2.05, 4.69) is 41.7 Å². The first-order valence-corrected chi connectivity index (χ1v) is 13.1. The molecule has 0 aliphatic heterocycles. The van der Waals surface area contributed by atoms with E-state index in [0.29, 0.717) is 5.92 Å². The summed E-state index contributed by atoms with van der Waals surface area (Å²) in [5.41, 5.74) is 2.78. The minimum Gasteiger partial charge on any atom is -0.376 e. The largest absolute Gasteiger partial charge is 0.376 e. The summed E-state index contributed by atoms with van der Waals surface area (Å²) in [7, 11) is 4.03. The Morgan fingerprint density at radius 1 is 1.00 bits per heavy atom. The molecule has 2 unspecified atom stereocenters. The van der Waals surface area contributed by atoms with Gasteiger partial charge in [0, 0.05) is 31.6 Å². The van der Waals surface area contributed by atoms with Crippen molar-refractivity contribution in [3.63, 3.8) is 0 Å². The van der Waals surface area contributed by atoms with Crippen molar-refractivity contribution in [1.29, 1.82) is 0 Å². The number of carbonyl (C=O) groups is 1. The first kappa shape index (κ1) is 26.5. The predicted molar refractivity (Wildman–Crippen MR) is 143 cm³/mol. The zero-order valence-electron chi connectivity index (χ0n) is 20.6. The molecule has 0 saturated carbocycles. The van der Waals surface area contributed by atoms with Gasteiger partial charge >= 0.3 is 0 Å². The topological polar surface area (TPSA) is 45.2 Å². The predicted octanol–water partition coefficient (Wildman–Crippen LogP) is 7.34. The summed E-state index contributed by atoms with van der Waals surface area (Å²) in [6.45, 7) is 4.46. The summed E-state index contributed by atoms with van der Waals surface area (Å²) in [6, 6.07) is 8.04. The van der Waals surface area contributed by atoms with Crippen LogP contribution in [0.2, 0.25) is 0 Å². The highest BCUT2D eigenvalue weighted by Crippen LogP contribution is 2.34. The van der Waals surface area contributed by atoms with Gasteiger partial charge in [-0.05, 0) is 48.8 Å². The van der Waals surface area contributed by atoms with Crippen molar-refractivity contribution in [2.24, 2.45) is 11.8 Å². The van der Waals surface area contributed by atoms with Crippen molar-refractivity contribution in [3.05, 3.63) is 30.5 Å². The maximum absolute atomic E-state index is 13.7. The van der Waals surface area contributed by atoms with Gasteiger partial charge < -0.3 is 10.2 Å². The monoisotopic (exact) mass is 457 g/mol. The molecule has 0 aliphatic rings. The van der Waals surface area contributed by atoms with E-state index in [4.69, 9.17) is 0 Å². The second-order valence-corrected chi connectivity index (χ2v) is 9.53. The van der Waals surface area contributed by atoms with E-state index in [9.17, 15) is 4.79 Å². The quantitative estimate of drug-likeness (QED) is 0.217. The van der Waals surface area contributed by atoms with E-state index >= 15 is 0 Å². The molecule has 32 heavy (non-hydrogen) atoms. The van der Waals surface area contributed by atoms with E-state index in [1.54, 1.807) is 6.20 Å². The number of carbonyl (C=O) groups excluding carboxylic acids is 1. The van der Waals surface area contributed by atoms with E-state index in [0.717, 1.165) is 60.1 Å². The van der Waals surface area contributed by atoms with Crippen molar-refractivity contribution in [2.45, 2.75) is 78.1 Å². The molecule has 2 atom stereocenters. The number of unbranched alkanes of at least 4 members (excludes halogenated alkanes) is 6. The fourth-order valence-corrected chi connectivity index (χ4v) is 4.91. The van der Waals surface area contributed by atoms with E-state index in [1.165, 1.54) is 32.1 Å². The summed E-state index contributed by atoms with van der Waals surface area (Å²) in [5, 5.41) is 4.32. The summed E-state index contributed by atoms with van der Waals surface area (Å²) in [4.78, 5) is 20.2. The number of amides is 1. The number of fused-ring (bicyclic) bond motifs is 1. The van der Waals surface area contributed by atoms with Crippen molar-refractivity contribution in [1.82, 2.24) is 4.98 Å². The molecule has 5 heteroatoms. The van der Waals surface area contributed by atoms with Crippen LogP contribution in [0.1, 0.15) is 78.1 Å². The number of hydrogen-bond acceptors (Lipinski definition) is 4. The molecule has 1 aromatic carbocycles. The number of benzene rings is 1. The SMILES string of the molecule is CCCCCCCCC(C(=O)Nc1c(N(C)C)ccc2ncccc12)C(CS)CCCC. The van der Waals surface area contributed by atoms with Gasteiger partial charge in [-0.15, -0.1) is 0 Å². The highest BCUT2D eigenvalue weighted by atomic mass is 32.1. The molecule has 0 aliphatic carbocycles. The number of nitrogens with one attached hydrogen (secondary N) is 1. The molecule has 4 nitrogen and oxygen atoms in total. The number of hydrogen-bond donors (Lipinski definition) is 2.